The molecule has 4 rings (SSSR count). The fourth-order valence-electron chi connectivity index (χ4n) is 3.76. The van der Waals surface area contributed by atoms with Gasteiger partial charge in [-0.15, -0.1) is 0 Å². The lowest BCUT2D eigenvalue weighted by molar-refractivity contribution is -0.137. The first kappa shape index (κ1) is 24.6. The maximum atomic E-state index is 13.1. The maximum absolute atomic E-state index is 13.1. The van der Waals surface area contributed by atoms with E-state index in [4.69, 9.17) is 4.74 Å². The summed E-state index contributed by atoms with van der Waals surface area (Å²) in [5, 5.41) is 2.32. The zero-order valence-electron chi connectivity index (χ0n) is 18.8. The number of nitrogens with zero attached hydrogens (tertiary/aromatic N) is 1. The Balaban J connectivity index is 1.56. The Kier molecular flexibility index (Phi) is 6.61. The van der Waals surface area contributed by atoms with Crippen LogP contribution in [0.25, 0.3) is 0 Å². The molecule has 0 fully saturated rings. The number of nitrogens with one attached hydrogen (secondary N) is 1. The number of benzene rings is 3. The van der Waals surface area contributed by atoms with Gasteiger partial charge in [0, 0.05) is 11.1 Å². The number of hydrogen-bond donors (Lipinski definition) is 1. The van der Waals surface area contributed by atoms with Crippen LogP contribution in [0.2, 0.25) is 0 Å². The van der Waals surface area contributed by atoms with Crippen molar-refractivity contribution in [3.8, 4) is 0 Å². The molecule has 0 saturated carbocycles. The Morgan fingerprint density at radius 3 is 2.25 bits per heavy atom. The number of hydrogen-bond acceptors (Lipinski definition) is 5. The Labute approximate surface area is 203 Å². The number of amides is 2. The highest BCUT2D eigenvalue weighted by Crippen LogP contribution is 2.37. The first-order valence-corrected chi connectivity index (χ1v) is 10.8. The van der Waals surface area contributed by atoms with Crippen molar-refractivity contribution in [1.29, 1.82) is 0 Å². The van der Waals surface area contributed by atoms with Gasteiger partial charge in [-0.3, -0.25) is 19.3 Å². The fraction of sp³-hybridized carbons (Fsp3) is 0.154. The normalized spacial score (nSPS) is 13.9. The highest BCUT2D eigenvalue weighted by molar-refractivity contribution is 6.15. The molecule has 1 unspecified atom stereocenters. The van der Waals surface area contributed by atoms with Crippen LogP contribution in [-0.2, 0) is 20.5 Å². The molecule has 1 atom stereocenters. The molecule has 0 aromatic heterocycles. The lowest BCUT2D eigenvalue weighted by Gasteiger charge is -2.31. The van der Waals surface area contributed by atoms with Gasteiger partial charge >= 0.3 is 12.1 Å². The maximum Gasteiger partial charge on any atom is 0.416 e. The van der Waals surface area contributed by atoms with Gasteiger partial charge in [-0.2, -0.15) is 13.2 Å². The molecule has 0 aliphatic carbocycles. The van der Waals surface area contributed by atoms with Gasteiger partial charge in [-0.25, -0.2) is 4.79 Å². The van der Waals surface area contributed by atoms with Crippen LogP contribution in [0.5, 0.6) is 0 Å². The van der Waals surface area contributed by atoms with Gasteiger partial charge in [0.25, 0.3) is 5.91 Å². The summed E-state index contributed by atoms with van der Waals surface area (Å²) in [4.78, 5) is 51.9. The van der Waals surface area contributed by atoms with E-state index < -0.39 is 48.0 Å². The molecule has 184 valence electrons. The predicted molar refractivity (Wildman–Crippen MR) is 124 cm³/mol. The fourth-order valence-corrected chi connectivity index (χ4v) is 3.76. The van der Waals surface area contributed by atoms with Crippen LogP contribution in [0, 0.1) is 0 Å². The van der Waals surface area contributed by atoms with Gasteiger partial charge in [0.05, 0.1) is 22.5 Å². The van der Waals surface area contributed by atoms with E-state index in [2.05, 4.69) is 5.32 Å². The van der Waals surface area contributed by atoms with Crippen molar-refractivity contribution in [2.75, 3.05) is 16.8 Å². The molecule has 7 nitrogen and oxygen atoms in total. The van der Waals surface area contributed by atoms with Gasteiger partial charge in [-0.1, -0.05) is 48.5 Å². The summed E-state index contributed by atoms with van der Waals surface area (Å²) in [6, 6.07) is 16.9. The summed E-state index contributed by atoms with van der Waals surface area (Å²) < 4.78 is 44.5. The minimum Gasteiger partial charge on any atom is -0.449 e. The van der Waals surface area contributed by atoms with E-state index in [1.165, 1.54) is 25.1 Å². The van der Waals surface area contributed by atoms with Crippen LogP contribution >= 0.6 is 0 Å². The summed E-state index contributed by atoms with van der Waals surface area (Å²) in [5.74, 6) is -2.87. The van der Waals surface area contributed by atoms with Gasteiger partial charge in [0.2, 0.25) is 5.91 Å². The minimum atomic E-state index is -4.64. The van der Waals surface area contributed by atoms with Crippen LogP contribution in [0.15, 0.2) is 72.8 Å². The topological polar surface area (TPSA) is 92.8 Å². The van der Waals surface area contributed by atoms with Crippen LogP contribution < -0.4 is 10.2 Å². The minimum absolute atomic E-state index is 0.0372. The molecule has 0 bridgehead atoms. The Hall–Kier alpha value is -4.47. The van der Waals surface area contributed by atoms with E-state index in [9.17, 15) is 32.3 Å². The van der Waals surface area contributed by atoms with E-state index in [0.29, 0.717) is 5.56 Å². The molecule has 1 N–H and O–H groups in total. The van der Waals surface area contributed by atoms with Crippen LogP contribution in [0.3, 0.4) is 0 Å². The van der Waals surface area contributed by atoms with Crippen LogP contribution in [0.4, 0.5) is 24.5 Å². The second kappa shape index (κ2) is 9.65. The largest absolute Gasteiger partial charge is 0.449 e. The lowest BCUT2D eigenvalue weighted by atomic mass is 9.98. The highest BCUT2D eigenvalue weighted by atomic mass is 19.4. The molecular weight excluding hydrogens is 477 g/mol. The smallest absolute Gasteiger partial charge is 0.416 e. The lowest BCUT2D eigenvalue weighted by Crippen LogP contribution is -2.47. The average molecular weight is 496 g/mol. The van der Waals surface area contributed by atoms with E-state index in [0.717, 1.165) is 23.1 Å². The molecule has 0 saturated heterocycles. The number of esters is 1. The molecule has 0 radical (unpaired) electrons. The predicted octanol–water partition coefficient (Wildman–Crippen LogP) is 4.47. The number of alkyl halides is 3. The summed E-state index contributed by atoms with van der Waals surface area (Å²) >= 11 is 0. The summed E-state index contributed by atoms with van der Waals surface area (Å²) in [5.41, 5.74) is -0.763. The second-order valence-corrected chi connectivity index (χ2v) is 7.99. The number of rotatable bonds is 5. The SMILES string of the molecule is CC(OC(=O)c1ccccc1C(=O)c1ccccc1)C(=O)N1CC(=O)Nc2cc(C(F)(F)F)ccc21. The number of ether oxygens (including phenoxy) is 1. The van der Waals surface area contributed by atoms with Crippen molar-refractivity contribution >= 4 is 34.9 Å². The molecule has 1 aliphatic heterocycles. The molecule has 3 aromatic rings. The van der Waals surface area contributed by atoms with E-state index >= 15 is 0 Å². The van der Waals surface area contributed by atoms with Crippen molar-refractivity contribution in [3.63, 3.8) is 0 Å². The zero-order chi connectivity index (χ0) is 26.0. The van der Waals surface area contributed by atoms with Gasteiger partial charge < -0.3 is 10.1 Å². The second-order valence-electron chi connectivity index (χ2n) is 7.99. The van der Waals surface area contributed by atoms with Crippen molar-refractivity contribution in [2.45, 2.75) is 19.2 Å². The molecule has 36 heavy (non-hydrogen) atoms. The van der Waals surface area contributed by atoms with Crippen molar-refractivity contribution in [3.05, 3.63) is 95.1 Å². The Morgan fingerprint density at radius 1 is 0.944 bits per heavy atom. The zero-order valence-corrected chi connectivity index (χ0v) is 18.8. The first-order valence-electron chi connectivity index (χ1n) is 10.8. The summed E-state index contributed by atoms with van der Waals surface area (Å²) in [6.45, 7) is 0.806. The third-order valence-corrected chi connectivity index (χ3v) is 5.52. The van der Waals surface area contributed by atoms with Crippen LogP contribution in [0.1, 0.15) is 38.8 Å². The number of fused-ring (bicyclic) bond motifs is 1. The molecule has 2 amide bonds. The van der Waals surface area contributed by atoms with Gasteiger partial charge in [0.15, 0.2) is 11.9 Å². The Morgan fingerprint density at radius 2 is 1.58 bits per heavy atom. The number of carbonyl (C=O) groups excluding carboxylic acids is 4. The highest BCUT2D eigenvalue weighted by Gasteiger charge is 2.36. The third kappa shape index (κ3) is 4.97. The number of halogens is 3. The molecular formula is C26H19F3N2O5. The summed E-state index contributed by atoms with van der Waals surface area (Å²) in [6.07, 6.45) is -6.04. The molecule has 1 aliphatic rings. The quantitative estimate of drug-likeness (QED) is 0.416. The first-order chi connectivity index (χ1) is 17.1. The van der Waals surface area contributed by atoms with Crippen molar-refractivity contribution < 1.29 is 37.1 Å². The number of carbonyl (C=O) groups is 4. The third-order valence-electron chi connectivity index (χ3n) is 5.52. The average Bonchev–Trinajstić information content (AvgIpc) is 2.86. The Bertz CT molecular complexity index is 1360. The van der Waals surface area contributed by atoms with E-state index in [1.54, 1.807) is 36.4 Å². The molecule has 1 heterocycles. The molecule has 10 heteroatoms. The van der Waals surface area contributed by atoms with Gasteiger partial charge in [-0.05, 0) is 31.2 Å². The monoisotopic (exact) mass is 496 g/mol. The van der Waals surface area contributed by atoms with E-state index in [1.807, 2.05) is 0 Å². The standard InChI is InChI=1S/C26H19F3N2O5/c1-15(24(34)31-14-22(32)30-20-13-17(26(27,28)29)11-12-21(20)31)36-25(35)19-10-6-5-9-18(19)23(33)16-7-3-2-4-8-16/h2-13,15H,14H2,1H3,(H,30,32). The van der Waals surface area contributed by atoms with E-state index in [-0.39, 0.29) is 22.5 Å². The molecule has 0 spiro atoms. The van der Waals surface area contributed by atoms with Crippen LogP contribution in [-0.4, -0.2) is 36.2 Å². The van der Waals surface area contributed by atoms with Crippen molar-refractivity contribution in [2.24, 2.45) is 0 Å². The molecule has 3 aromatic carbocycles. The number of anilines is 2. The van der Waals surface area contributed by atoms with Crippen molar-refractivity contribution in [1.82, 2.24) is 0 Å². The summed E-state index contributed by atoms with van der Waals surface area (Å²) in [7, 11) is 0. The van der Waals surface area contributed by atoms with Gasteiger partial charge in [0.1, 0.15) is 6.54 Å². The number of ketones is 1.